The molecule has 1 saturated heterocycles. The summed E-state index contributed by atoms with van der Waals surface area (Å²) >= 11 is 0. The fraction of sp³-hybridized carbons (Fsp3) is 0.261. The number of amides is 1. The zero-order chi connectivity index (χ0) is 21.5. The second-order valence-electron chi connectivity index (χ2n) is 7.26. The van der Waals surface area contributed by atoms with Crippen LogP contribution < -0.4 is 16.4 Å². The number of rotatable bonds is 7. The van der Waals surface area contributed by atoms with Crippen LogP contribution in [0, 0.1) is 0 Å². The average molecular weight is 419 g/mol. The number of carbonyl (C=O) groups is 1. The third-order valence-corrected chi connectivity index (χ3v) is 5.08. The number of anilines is 2. The van der Waals surface area contributed by atoms with Crippen LogP contribution in [-0.4, -0.2) is 53.7 Å². The molecule has 0 unspecified atom stereocenters. The Kier molecular flexibility index (Phi) is 6.83. The molecule has 0 radical (unpaired) electrons. The maximum Gasteiger partial charge on any atom is 0.252 e. The van der Waals surface area contributed by atoms with Crippen LogP contribution in [0.25, 0.3) is 11.3 Å². The van der Waals surface area contributed by atoms with Crippen molar-refractivity contribution in [2.24, 2.45) is 5.73 Å². The van der Waals surface area contributed by atoms with E-state index < -0.39 is 0 Å². The number of hydrogen-bond donors (Lipinski definition) is 3. The van der Waals surface area contributed by atoms with E-state index >= 15 is 0 Å². The van der Waals surface area contributed by atoms with Gasteiger partial charge in [-0.15, -0.1) is 0 Å². The van der Waals surface area contributed by atoms with E-state index in [1.54, 1.807) is 18.3 Å². The average Bonchev–Trinajstić information content (AvgIpc) is 2.81. The van der Waals surface area contributed by atoms with E-state index in [2.05, 4.69) is 37.6 Å². The lowest BCUT2D eigenvalue weighted by Crippen LogP contribution is -2.35. The van der Waals surface area contributed by atoms with Crippen molar-refractivity contribution in [3.05, 3.63) is 71.9 Å². The Labute approximate surface area is 181 Å². The number of morpholine rings is 1. The van der Waals surface area contributed by atoms with Gasteiger partial charge in [-0.3, -0.25) is 9.69 Å². The summed E-state index contributed by atoms with van der Waals surface area (Å²) in [7, 11) is 0. The third kappa shape index (κ3) is 5.64. The first-order valence-corrected chi connectivity index (χ1v) is 10.3. The van der Waals surface area contributed by atoms with Crippen LogP contribution in [0.15, 0.2) is 60.8 Å². The van der Waals surface area contributed by atoms with Crippen molar-refractivity contribution in [1.82, 2.24) is 20.2 Å². The second-order valence-corrected chi connectivity index (χ2v) is 7.26. The summed E-state index contributed by atoms with van der Waals surface area (Å²) in [5.41, 5.74) is 9.77. The quantitative estimate of drug-likeness (QED) is 0.506. The lowest BCUT2D eigenvalue weighted by molar-refractivity contribution is 0.0342. The molecule has 1 aromatic heterocycles. The summed E-state index contributed by atoms with van der Waals surface area (Å²) in [5.74, 6) is 0.319. The molecule has 4 rings (SSSR count). The Bertz CT molecular complexity index is 1000. The van der Waals surface area contributed by atoms with E-state index in [4.69, 9.17) is 10.5 Å². The lowest BCUT2D eigenvalue weighted by Gasteiger charge is -2.26. The Morgan fingerprint density at radius 1 is 1.03 bits per heavy atom. The summed E-state index contributed by atoms with van der Waals surface area (Å²) in [6, 6.07) is 17.4. The van der Waals surface area contributed by atoms with Gasteiger partial charge < -0.3 is 21.1 Å². The van der Waals surface area contributed by atoms with E-state index in [-0.39, 0.29) is 12.6 Å². The summed E-state index contributed by atoms with van der Waals surface area (Å²) in [6.45, 7) is 4.58. The number of ether oxygens (including phenoxy) is 1. The van der Waals surface area contributed by atoms with Gasteiger partial charge in [0.15, 0.2) is 0 Å². The molecule has 0 aliphatic carbocycles. The molecule has 1 aliphatic rings. The number of aromatic nitrogens is 2. The topological polar surface area (TPSA) is 105 Å². The van der Waals surface area contributed by atoms with E-state index in [0.717, 1.165) is 49.8 Å². The van der Waals surface area contributed by atoms with E-state index in [1.165, 1.54) is 5.56 Å². The van der Waals surface area contributed by atoms with Gasteiger partial charge in [0.2, 0.25) is 5.95 Å². The third-order valence-electron chi connectivity index (χ3n) is 5.08. The summed E-state index contributed by atoms with van der Waals surface area (Å²) in [4.78, 5) is 23.2. The summed E-state index contributed by atoms with van der Waals surface area (Å²) in [6.07, 6.45) is 1.71. The van der Waals surface area contributed by atoms with Gasteiger partial charge in [0.1, 0.15) is 0 Å². The van der Waals surface area contributed by atoms with Gasteiger partial charge >= 0.3 is 0 Å². The maximum atomic E-state index is 11.9. The van der Waals surface area contributed by atoms with Gasteiger partial charge in [-0.25, -0.2) is 9.97 Å². The van der Waals surface area contributed by atoms with Gasteiger partial charge in [-0.2, -0.15) is 0 Å². The van der Waals surface area contributed by atoms with Crippen LogP contribution in [0.3, 0.4) is 0 Å². The highest BCUT2D eigenvalue weighted by atomic mass is 16.5. The molecule has 2 heterocycles. The van der Waals surface area contributed by atoms with Crippen LogP contribution in [0.2, 0.25) is 0 Å². The molecule has 0 atom stereocenters. The van der Waals surface area contributed by atoms with Crippen molar-refractivity contribution >= 4 is 17.5 Å². The molecule has 0 spiro atoms. The first kappa shape index (κ1) is 20.9. The molecular formula is C23H26N6O2. The number of benzene rings is 2. The van der Waals surface area contributed by atoms with Crippen molar-refractivity contribution in [1.29, 1.82) is 0 Å². The SMILES string of the molecule is NCNC(=O)c1ccc(-c2ccnc(Nc3ccc(CN4CCOCC4)cc3)n2)cc1. The minimum atomic E-state index is -0.198. The van der Waals surface area contributed by atoms with Gasteiger partial charge in [0.25, 0.3) is 5.91 Å². The van der Waals surface area contributed by atoms with E-state index in [0.29, 0.717) is 11.5 Å². The van der Waals surface area contributed by atoms with Gasteiger partial charge in [-0.05, 0) is 35.9 Å². The molecule has 31 heavy (non-hydrogen) atoms. The summed E-state index contributed by atoms with van der Waals surface area (Å²) < 4.78 is 5.40. The fourth-order valence-corrected chi connectivity index (χ4v) is 3.41. The molecule has 2 aromatic carbocycles. The van der Waals surface area contributed by atoms with Crippen LogP contribution in [0.1, 0.15) is 15.9 Å². The first-order chi connectivity index (χ1) is 15.2. The Hall–Kier alpha value is -3.33. The standard InChI is InChI=1S/C23H26N6O2/c24-16-26-22(30)19-5-3-18(4-6-19)21-9-10-25-23(28-21)27-20-7-1-17(2-8-20)15-29-11-13-31-14-12-29/h1-10H,11-16,24H2,(H,26,30)(H,25,27,28). The zero-order valence-corrected chi connectivity index (χ0v) is 17.3. The fourth-order valence-electron chi connectivity index (χ4n) is 3.41. The van der Waals surface area contributed by atoms with Crippen LogP contribution in [-0.2, 0) is 11.3 Å². The Morgan fingerprint density at radius 2 is 1.77 bits per heavy atom. The molecule has 8 nitrogen and oxygen atoms in total. The van der Waals surface area contributed by atoms with Crippen molar-refractivity contribution in [3.63, 3.8) is 0 Å². The lowest BCUT2D eigenvalue weighted by atomic mass is 10.1. The number of hydrogen-bond acceptors (Lipinski definition) is 7. The van der Waals surface area contributed by atoms with E-state index in [9.17, 15) is 4.79 Å². The van der Waals surface area contributed by atoms with E-state index in [1.807, 2.05) is 30.3 Å². The Balaban J connectivity index is 1.40. The maximum absolute atomic E-state index is 11.9. The Morgan fingerprint density at radius 3 is 2.48 bits per heavy atom. The van der Waals surface area contributed by atoms with Gasteiger partial charge in [0.05, 0.1) is 25.6 Å². The van der Waals surface area contributed by atoms with Gasteiger partial charge in [0, 0.05) is 42.6 Å². The number of carbonyl (C=O) groups excluding carboxylic acids is 1. The molecule has 1 fully saturated rings. The van der Waals surface area contributed by atoms with Gasteiger partial charge in [-0.1, -0.05) is 24.3 Å². The smallest absolute Gasteiger partial charge is 0.252 e. The van der Waals surface area contributed by atoms with Crippen LogP contribution in [0.4, 0.5) is 11.6 Å². The van der Waals surface area contributed by atoms with Crippen molar-refractivity contribution in [2.75, 3.05) is 38.3 Å². The van der Waals surface area contributed by atoms with Crippen molar-refractivity contribution in [2.45, 2.75) is 6.54 Å². The first-order valence-electron chi connectivity index (χ1n) is 10.3. The molecule has 4 N–H and O–H groups in total. The normalized spacial score (nSPS) is 14.2. The molecule has 0 saturated carbocycles. The molecule has 0 bridgehead atoms. The molecule has 1 amide bonds. The highest BCUT2D eigenvalue weighted by Crippen LogP contribution is 2.21. The number of nitrogens with zero attached hydrogens (tertiary/aromatic N) is 3. The molecular weight excluding hydrogens is 392 g/mol. The second kappa shape index (κ2) is 10.1. The summed E-state index contributed by atoms with van der Waals surface area (Å²) in [5, 5.41) is 5.84. The molecule has 160 valence electrons. The molecule has 3 aromatic rings. The highest BCUT2D eigenvalue weighted by Gasteiger charge is 2.11. The predicted octanol–water partition coefficient (Wildman–Crippen LogP) is 2.37. The zero-order valence-electron chi connectivity index (χ0n) is 17.3. The highest BCUT2D eigenvalue weighted by molar-refractivity contribution is 5.94. The minimum Gasteiger partial charge on any atom is -0.379 e. The van der Waals surface area contributed by atoms with Crippen LogP contribution >= 0.6 is 0 Å². The number of nitrogens with one attached hydrogen (secondary N) is 2. The molecule has 8 heteroatoms. The largest absolute Gasteiger partial charge is 0.379 e. The van der Waals surface area contributed by atoms with Crippen molar-refractivity contribution in [3.8, 4) is 11.3 Å². The predicted molar refractivity (Wildman–Crippen MR) is 120 cm³/mol. The van der Waals surface area contributed by atoms with Crippen molar-refractivity contribution < 1.29 is 9.53 Å². The minimum absolute atomic E-state index is 0.107. The molecule has 1 aliphatic heterocycles. The number of nitrogens with two attached hydrogens (primary N) is 1. The van der Waals surface area contributed by atoms with Crippen LogP contribution in [0.5, 0.6) is 0 Å². The monoisotopic (exact) mass is 418 g/mol.